The fourth-order valence-corrected chi connectivity index (χ4v) is 2.21. The van der Waals surface area contributed by atoms with Gasteiger partial charge in [-0.3, -0.25) is 0 Å². The summed E-state index contributed by atoms with van der Waals surface area (Å²) in [6, 6.07) is 7.65. The quantitative estimate of drug-likeness (QED) is 0.768. The Morgan fingerprint density at radius 2 is 2.00 bits per heavy atom. The normalized spacial score (nSPS) is 13.5. The molecular formula is C17H27NO3. The third-order valence-electron chi connectivity index (χ3n) is 3.48. The molecule has 0 unspecified atom stereocenters. The van der Waals surface area contributed by atoms with Gasteiger partial charge < -0.3 is 15.2 Å². The van der Waals surface area contributed by atoms with Gasteiger partial charge in [-0.25, -0.2) is 4.79 Å². The summed E-state index contributed by atoms with van der Waals surface area (Å²) < 4.78 is 5.43. The van der Waals surface area contributed by atoms with E-state index in [9.17, 15) is 9.90 Å². The number of aliphatic hydroxyl groups excluding tert-OH is 1. The van der Waals surface area contributed by atoms with Crippen LogP contribution in [0.4, 0.5) is 4.79 Å². The van der Waals surface area contributed by atoms with Crippen LogP contribution in [0.25, 0.3) is 0 Å². The van der Waals surface area contributed by atoms with Gasteiger partial charge in [0.1, 0.15) is 12.2 Å². The molecule has 118 valence electrons. The van der Waals surface area contributed by atoms with Crippen molar-refractivity contribution in [1.29, 1.82) is 0 Å². The molecule has 4 nitrogen and oxygen atoms in total. The fraction of sp³-hybridized carbons (Fsp3) is 0.588. The Balaban J connectivity index is 2.76. The molecule has 0 spiro atoms. The molecule has 4 heteroatoms. The number of aryl methyl sites for hydroxylation is 1. The number of ether oxygens (including phenoxy) is 1. The van der Waals surface area contributed by atoms with Crippen LogP contribution in [-0.4, -0.2) is 23.8 Å². The van der Waals surface area contributed by atoms with Gasteiger partial charge in [-0.05, 0) is 37.3 Å². The van der Waals surface area contributed by atoms with Crippen molar-refractivity contribution in [3.8, 4) is 0 Å². The van der Waals surface area contributed by atoms with Gasteiger partial charge in [0.25, 0.3) is 0 Å². The molecule has 1 rings (SSSR count). The Bertz CT molecular complexity index is 434. The summed E-state index contributed by atoms with van der Waals surface area (Å²) in [7, 11) is 0. The lowest BCUT2D eigenvalue weighted by Crippen LogP contribution is -2.33. The number of aliphatic hydroxyl groups is 1. The van der Waals surface area contributed by atoms with Crippen molar-refractivity contribution in [3.05, 3.63) is 35.4 Å². The van der Waals surface area contributed by atoms with Gasteiger partial charge in [-0.1, -0.05) is 44.5 Å². The van der Waals surface area contributed by atoms with Crippen LogP contribution in [0.2, 0.25) is 0 Å². The van der Waals surface area contributed by atoms with Crippen molar-refractivity contribution >= 4 is 6.09 Å². The number of alkyl carbamates (subject to hydrolysis) is 1. The molecule has 2 N–H and O–H groups in total. The number of hydrogen-bond acceptors (Lipinski definition) is 3. The Kier molecular flexibility index (Phi) is 7.83. The molecule has 0 radical (unpaired) electrons. The number of carbonyl (C=O) groups excluding carboxylic acids is 1. The zero-order valence-electron chi connectivity index (χ0n) is 13.3. The molecule has 1 amide bonds. The van der Waals surface area contributed by atoms with Crippen molar-refractivity contribution in [2.75, 3.05) is 6.54 Å². The highest BCUT2D eigenvalue weighted by molar-refractivity contribution is 5.67. The lowest BCUT2D eigenvalue weighted by Gasteiger charge is -2.24. The molecule has 0 saturated heterocycles. The third-order valence-corrected chi connectivity index (χ3v) is 3.48. The number of amides is 1. The summed E-state index contributed by atoms with van der Waals surface area (Å²) in [5.41, 5.74) is 1.82. The van der Waals surface area contributed by atoms with Crippen molar-refractivity contribution in [1.82, 2.24) is 5.32 Å². The first-order chi connectivity index (χ1) is 10.1. The SMILES string of the molecule is CCCC[C@H](OC(=O)NCCC)[C@@H](O)c1ccccc1C. The second kappa shape index (κ2) is 9.40. The van der Waals surface area contributed by atoms with Gasteiger partial charge in [-0.15, -0.1) is 0 Å². The molecule has 0 fully saturated rings. The van der Waals surface area contributed by atoms with E-state index in [-0.39, 0.29) is 0 Å². The van der Waals surface area contributed by atoms with E-state index < -0.39 is 18.3 Å². The number of rotatable bonds is 8. The molecule has 0 saturated carbocycles. The van der Waals surface area contributed by atoms with E-state index in [0.29, 0.717) is 13.0 Å². The van der Waals surface area contributed by atoms with E-state index in [1.807, 2.05) is 38.1 Å². The summed E-state index contributed by atoms with van der Waals surface area (Å²) in [5, 5.41) is 13.2. The van der Waals surface area contributed by atoms with Crippen LogP contribution in [0.15, 0.2) is 24.3 Å². The first-order valence-electron chi connectivity index (χ1n) is 7.78. The van der Waals surface area contributed by atoms with E-state index in [4.69, 9.17) is 4.74 Å². The minimum Gasteiger partial charge on any atom is -0.443 e. The second-order valence-electron chi connectivity index (χ2n) is 5.31. The number of benzene rings is 1. The largest absolute Gasteiger partial charge is 0.443 e. The number of carbonyl (C=O) groups is 1. The van der Waals surface area contributed by atoms with Crippen LogP contribution in [0, 0.1) is 6.92 Å². The lowest BCUT2D eigenvalue weighted by atomic mass is 9.96. The Morgan fingerprint density at radius 1 is 1.29 bits per heavy atom. The zero-order valence-corrected chi connectivity index (χ0v) is 13.3. The minimum atomic E-state index is -0.787. The van der Waals surface area contributed by atoms with Crippen LogP contribution < -0.4 is 5.32 Å². The molecule has 2 atom stereocenters. The fourth-order valence-electron chi connectivity index (χ4n) is 2.21. The molecule has 0 heterocycles. The van der Waals surface area contributed by atoms with E-state index in [1.54, 1.807) is 0 Å². The standard InChI is InChI=1S/C17H27NO3/c1-4-6-11-15(21-17(20)18-12-5-2)16(19)14-10-8-7-9-13(14)3/h7-10,15-16,19H,4-6,11-12H2,1-3H3,(H,18,20)/t15-,16-/m0/s1. The highest BCUT2D eigenvalue weighted by Crippen LogP contribution is 2.25. The van der Waals surface area contributed by atoms with Crippen LogP contribution >= 0.6 is 0 Å². The van der Waals surface area contributed by atoms with Crippen molar-refractivity contribution in [2.24, 2.45) is 0 Å². The molecule has 0 aliphatic rings. The lowest BCUT2D eigenvalue weighted by molar-refractivity contribution is -0.00410. The number of nitrogens with one attached hydrogen (secondary N) is 1. The van der Waals surface area contributed by atoms with E-state index in [2.05, 4.69) is 12.2 Å². The molecule has 1 aromatic rings. The monoisotopic (exact) mass is 293 g/mol. The van der Waals surface area contributed by atoms with Gasteiger partial charge >= 0.3 is 6.09 Å². The maximum absolute atomic E-state index is 11.8. The van der Waals surface area contributed by atoms with E-state index in [0.717, 1.165) is 30.4 Å². The summed E-state index contributed by atoms with van der Waals surface area (Å²) in [6.45, 7) is 6.60. The summed E-state index contributed by atoms with van der Waals surface area (Å²) in [4.78, 5) is 11.8. The van der Waals surface area contributed by atoms with E-state index in [1.165, 1.54) is 0 Å². The topological polar surface area (TPSA) is 58.6 Å². The van der Waals surface area contributed by atoms with Crippen molar-refractivity contribution in [2.45, 2.75) is 58.7 Å². The van der Waals surface area contributed by atoms with Gasteiger partial charge in [-0.2, -0.15) is 0 Å². The molecule has 0 aliphatic heterocycles. The zero-order chi connectivity index (χ0) is 15.7. The molecular weight excluding hydrogens is 266 g/mol. The van der Waals surface area contributed by atoms with Crippen LogP contribution in [-0.2, 0) is 4.74 Å². The minimum absolute atomic E-state index is 0.453. The molecule has 0 bridgehead atoms. The predicted octanol–water partition coefficient (Wildman–Crippen LogP) is 3.72. The van der Waals surface area contributed by atoms with Gasteiger partial charge in [0.2, 0.25) is 0 Å². The first kappa shape index (κ1) is 17.5. The predicted molar refractivity (Wildman–Crippen MR) is 84.2 cm³/mol. The summed E-state index contributed by atoms with van der Waals surface area (Å²) >= 11 is 0. The third kappa shape index (κ3) is 5.76. The Morgan fingerprint density at radius 3 is 2.62 bits per heavy atom. The van der Waals surface area contributed by atoms with E-state index >= 15 is 0 Å². The number of hydrogen-bond donors (Lipinski definition) is 2. The smallest absolute Gasteiger partial charge is 0.407 e. The maximum atomic E-state index is 11.8. The molecule has 1 aromatic carbocycles. The Hall–Kier alpha value is -1.55. The molecule has 0 aliphatic carbocycles. The summed E-state index contributed by atoms with van der Waals surface area (Å²) in [6.07, 6.45) is 1.67. The first-order valence-corrected chi connectivity index (χ1v) is 7.78. The van der Waals surface area contributed by atoms with Crippen molar-refractivity contribution in [3.63, 3.8) is 0 Å². The Labute approximate surface area is 127 Å². The van der Waals surface area contributed by atoms with Gasteiger partial charge in [0.05, 0.1) is 0 Å². The van der Waals surface area contributed by atoms with Crippen LogP contribution in [0.5, 0.6) is 0 Å². The second-order valence-corrected chi connectivity index (χ2v) is 5.31. The van der Waals surface area contributed by atoms with Gasteiger partial charge in [0, 0.05) is 6.54 Å². The number of unbranched alkanes of at least 4 members (excludes halogenated alkanes) is 1. The van der Waals surface area contributed by atoms with Gasteiger partial charge in [0.15, 0.2) is 0 Å². The highest BCUT2D eigenvalue weighted by atomic mass is 16.6. The molecule has 0 aromatic heterocycles. The highest BCUT2D eigenvalue weighted by Gasteiger charge is 2.25. The average molecular weight is 293 g/mol. The maximum Gasteiger partial charge on any atom is 0.407 e. The van der Waals surface area contributed by atoms with Crippen molar-refractivity contribution < 1.29 is 14.6 Å². The van der Waals surface area contributed by atoms with Crippen LogP contribution in [0.3, 0.4) is 0 Å². The summed E-state index contributed by atoms with van der Waals surface area (Å²) in [5.74, 6) is 0. The van der Waals surface area contributed by atoms with Crippen LogP contribution in [0.1, 0.15) is 56.8 Å². The average Bonchev–Trinajstić information content (AvgIpc) is 2.49. The molecule has 21 heavy (non-hydrogen) atoms.